The summed E-state index contributed by atoms with van der Waals surface area (Å²) in [5.41, 5.74) is 0. The van der Waals surface area contributed by atoms with Crippen LogP contribution in [-0.4, -0.2) is 43.6 Å². The summed E-state index contributed by atoms with van der Waals surface area (Å²) in [7, 11) is -3.05. The van der Waals surface area contributed by atoms with Crippen LogP contribution in [0.25, 0.3) is 0 Å². The molecule has 0 aromatic rings. The van der Waals surface area contributed by atoms with E-state index in [9.17, 15) is 8.42 Å². The van der Waals surface area contributed by atoms with Gasteiger partial charge in [0.05, 0.1) is 5.75 Å². The Morgan fingerprint density at radius 1 is 1.33 bits per heavy atom. The number of piperidine rings is 1. The summed E-state index contributed by atoms with van der Waals surface area (Å²) in [6, 6.07) is 0.660. The first-order chi connectivity index (χ1) is 8.47. The molecule has 0 bridgehead atoms. The van der Waals surface area contributed by atoms with Crippen molar-refractivity contribution < 1.29 is 8.42 Å². The van der Waals surface area contributed by atoms with Crippen LogP contribution in [0.4, 0.5) is 0 Å². The largest absolute Gasteiger partial charge is 0.314 e. The van der Waals surface area contributed by atoms with Gasteiger partial charge in [-0.15, -0.1) is 0 Å². The van der Waals surface area contributed by atoms with Crippen molar-refractivity contribution in [3.05, 3.63) is 0 Å². The topological polar surface area (TPSA) is 49.4 Å². The van der Waals surface area contributed by atoms with E-state index >= 15 is 0 Å². The van der Waals surface area contributed by atoms with Crippen LogP contribution < -0.4 is 5.32 Å². The number of rotatable bonds is 7. The molecule has 1 aliphatic rings. The van der Waals surface area contributed by atoms with Crippen molar-refractivity contribution in [2.24, 2.45) is 0 Å². The average molecular weight is 276 g/mol. The van der Waals surface area contributed by atoms with E-state index in [-0.39, 0.29) is 11.8 Å². The number of hydrogen-bond donors (Lipinski definition) is 1. The maximum absolute atomic E-state index is 12.3. The zero-order chi connectivity index (χ0) is 13.6. The third kappa shape index (κ3) is 4.86. The van der Waals surface area contributed by atoms with E-state index in [0.29, 0.717) is 12.5 Å². The third-order valence-corrected chi connectivity index (χ3v) is 5.53. The van der Waals surface area contributed by atoms with Crippen LogP contribution in [0.5, 0.6) is 0 Å². The predicted octanol–water partition coefficient (Wildman–Crippen LogP) is 1.97. The highest BCUT2D eigenvalue weighted by atomic mass is 32.2. The van der Waals surface area contributed by atoms with Gasteiger partial charge in [0.15, 0.2) is 0 Å². The predicted molar refractivity (Wildman–Crippen MR) is 76.2 cm³/mol. The Morgan fingerprint density at radius 3 is 2.67 bits per heavy atom. The van der Waals surface area contributed by atoms with Gasteiger partial charge in [0.25, 0.3) is 0 Å². The van der Waals surface area contributed by atoms with Gasteiger partial charge in [-0.25, -0.2) is 8.42 Å². The molecule has 0 spiro atoms. The van der Waals surface area contributed by atoms with Gasteiger partial charge in [-0.05, 0) is 32.2 Å². The van der Waals surface area contributed by atoms with E-state index in [1.165, 1.54) is 6.42 Å². The minimum absolute atomic E-state index is 0.238. The Bertz CT molecular complexity index is 328. The van der Waals surface area contributed by atoms with E-state index in [4.69, 9.17) is 0 Å². The smallest absolute Gasteiger partial charge is 0.214 e. The van der Waals surface area contributed by atoms with Crippen molar-refractivity contribution in [3.63, 3.8) is 0 Å². The quantitative estimate of drug-likeness (QED) is 0.723. The van der Waals surface area contributed by atoms with Crippen LogP contribution in [0.3, 0.4) is 0 Å². The SMILES string of the molecule is CCC1CCCCN1S(=O)(=O)CCCNC(C)C. The normalized spacial score (nSPS) is 22.6. The van der Waals surface area contributed by atoms with Crippen molar-refractivity contribution in [2.75, 3.05) is 18.8 Å². The fraction of sp³-hybridized carbons (Fsp3) is 1.00. The summed E-state index contributed by atoms with van der Waals surface area (Å²) < 4.78 is 26.4. The molecule has 1 N–H and O–H groups in total. The van der Waals surface area contributed by atoms with Crippen LogP contribution in [0.2, 0.25) is 0 Å². The van der Waals surface area contributed by atoms with Gasteiger partial charge in [-0.1, -0.05) is 27.2 Å². The molecule has 5 heteroatoms. The molecule has 0 radical (unpaired) electrons. The Hall–Kier alpha value is -0.130. The molecule has 0 aromatic carbocycles. The van der Waals surface area contributed by atoms with Crippen molar-refractivity contribution in [1.82, 2.24) is 9.62 Å². The number of nitrogens with zero attached hydrogens (tertiary/aromatic N) is 1. The Balaban J connectivity index is 2.46. The minimum Gasteiger partial charge on any atom is -0.314 e. The lowest BCUT2D eigenvalue weighted by atomic mass is 10.0. The standard InChI is InChI=1S/C13H28N2O2S/c1-4-13-8-5-6-10-15(13)18(16,17)11-7-9-14-12(2)3/h12-14H,4-11H2,1-3H3. The number of sulfonamides is 1. The summed E-state index contributed by atoms with van der Waals surface area (Å²) in [6.07, 6.45) is 4.84. The first-order valence-corrected chi connectivity index (χ1v) is 8.81. The van der Waals surface area contributed by atoms with E-state index < -0.39 is 10.0 Å². The molecule has 0 saturated carbocycles. The maximum atomic E-state index is 12.3. The van der Waals surface area contributed by atoms with Gasteiger partial charge < -0.3 is 5.32 Å². The van der Waals surface area contributed by atoms with Crippen molar-refractivity contribution in [3.8, 4) is 0 Å². The zero-order valence-corrected chi connectivity index (χ0v) is 12.8. The Morgan fingerprint density at radius 2 is 2.06 bits per heavy atom. The molecule has 1 saturated heterocycles. The van der Waals surface area contributed by atoms with Crippen LogP contribution in [0.15, 0.2) is 0 Å². The van der Waals surface area contributed by atoms with Gasteiger partial charge in [0.2, 0.25) is 10.0 Å². The molecule has 0 aromatic heterocycles. The molecular weight excluding hydrogens is 248 g/mol. The second kappa shape index (κ2) is 7.46. The lowest BCUT2D eigenvalue weighted by Crippen LogP contribution is -2.44. The van der Waals surface area contributed by atoms with Gasteiger partial charge in [0, 0.05) is 18.6 Å². The molecule has 1 atom stereocenters. The lowest BCUT2D eigenvalue weighted by Gasteiger charge is -2.34. The molecule has 1 fully saturated rings. The highest BCUT2D eigenvalue weighted by Crippen LogP contribution is 2.23. The fourth-order valence-corrected chi connectivity index (χ4v) is 4.37. The summed E-state index contributed by atoms with van der Waals surface area (Å²) in [4.78, 5) is 0. The summed E-state index contributed by atoms with van der Waals surface area (Å²) >= 11 is 0. The molecule has 4 nitrogen and oxygen atoms in total. The highest BCUT2D eigenvalue weighted by molar-refractivity contribution is 7.89. The molecule has 1 rings (SSSR count). The second-order valence-electron chi connectivity index (χ2n) is 5.45. The van der Waals surface area contributed by atoms with Crippen LogP contribution in [0.1, 0.15) is 52.9 Å². The van der Waals surface area contributed by atoms with Crippen molar-refractivity contribution in [2.45, 2.75) is 65.0 Å². The molecule has 1 heterocycles. The van der Waals surface area contributed by atoms with Gasteiger partial charge in [-0.3, -0.25) is 0 Å². The number of hydrogen-bond acceptors (Lipinski definition) is 3. The van der Waals surface area contributed by atoms with E-state index in [2.05, 4.69) is 26.1 Å². The van der Waals surface area contributed by atoms with Gasteiger partial charge in [0.1, 0.15) is 0 Å². The minimum atomic E-state index is -3.05. The van der Waals surface area contributed by atoms with Gasteiger partial charge >= 0.3 is 0 Å². The molecule has 108 valence electrons. The van der Waals surface area contributed by atoms with Crippen LogP contribution >= 0.6 is 0 Å². The monoisotopic (exact) mass is 276 g/mol. The van der Waals surface area contributed by atoms with Crippen LogP contribution in [-0.2, 0) is 10.0 Å². The van der Waals surface area contributed by atoms with Crippen LogP contribution in [0, 0.1) is 0 Å². The Labute approximate surface area is 112 Å². The second-order valence-corrected chi connectivity index (χ2v) is 7.49. The first kappa shape index (κ1) is 15.9. The molecule has 1 unspecified atom stereocenters. The fourth-order valence-electron chi connectivity index (χ4n) is 2.51. The summed E-state index contributed by atoms with van der Waals surface area (Å²) in [5.74, 6) is 0.281. The lowest BCUT2D eigenvalue weighted by molar-refractivity contribution is 0.246. The summed E-state index contributed by atoms with van der Waals surface area (Å²) in [5, 5.41) is 3.26. The highest BCUT2D eigenvalue weighted by Gasteiger charge is 2.30. The molecule has 1 aliphatic heterocycles. The molecular formula is C13H28N2O2S. The molecule has 0 amide bonds. The average Bonchev–Trinajstić information content (AvgIpc) is 2.34. The maximum Gasteiger partial charge on any atom is 0.214 e. The van der Waals surface area contributed by atoms with E-state index in [1.54, 1.807) is 4.31 Å². The van der Waals surface area contributed by atoms with E-state index in [1.807, 2.05) is 0 Å². The van der Waals surface area contributed by atoms with Gasteiger partial charge in [-0.2, -0.15) is 4.31 Å². The molecule has 18 heavy (non-hydrogen) atoms. The number of nitrogens with one attached hydrogen (secondary N) is 1. The third-order valence-electron chi connectivity index (χ3n) is 3.53. The zero-order valence-electron chi connectivity index (χ0n) is 12.0. The van der Waals surface area contributed by atoms with E-state index in [0.717, 1.165) is 32.4 Å². The summed E-state index contributed by atoms with van der Waals surface area (Å²) in [6.45, 7) is 7.73. The van der Waals surface area contributed by atoms with Crippen molar-refractivity contribution in [1.29, 1.82) is 0 Å². The first-order valence-electron chi connectivity index (χ1n) is 7.20. The van der Waals surface area contributed by atoms with Crippen molar-refractivity contribution >= 4 is 10.0 Å². The molecule has 0 aliphatic carbocycles. The Kier molecular flexibility index (Phi) is 6.60.